The second-order valence-corrected chi connectivity index (χ2v) is 3.20. The molecule has 7 nitrogen and oxygen atoms in total. The molecular weight excluding hydrogens is 208 g/mol. The van der Waals surface area contributed by atoms with Crippen LogP contribution < -0.4 is 22.0 Å². The highest BCUT2D eigenvalue weighted by Gasteiger charge is 2.06. The molecule has 0 saturated heterocycles. The van der Waals surface area contributed by atoms with Crippen LogP contribution in [-0.4, -0.2) is 14.9 Å². The first-order valence-corrected chi connectivity index (χ1v) is 4.60. The van der Waals surface area contributed by atoms with E-state index in [1.807, 2.05) is 0 Å². The fraction of sp³-hybridized carbons (Fsp3) is 0.111. The summed E-state index contributed by atoms with van der Waals surface area (Å²) in [7, 11) is 0. The third kappa shape index (κ3) is 1.97. The summed E-state index contributed by atoms with van der Waals surface area (Å²) in [5, 5.41) is 7.37. The van der Waals surface area contributed by atoms with Crippen LogP contribution in [0.1, 0.15) is 5.82 Å². The van der Waals surface area contributed by atoms with Gasteiger partial charge < -0.3 is 22.0 Å². The van der Waals surface area contributed by atoms with Gasteiger partial charge in [-0.05, 0) is 24.3 Å². The standard InChI is InChI=1S/C9H12N6O/c10-6-1-3-7(4-2-6)16-5-8-13-14-9(11)15(8)12/h1-4H,5,10,12H2,(H2,11,14). The molecule has 7 heteroatoms. The van der Waals surface area contributed by atoms with Crippen LogP contribution in [-0.2, 0) is 6.61 Å². The van der Waals surface area contributed by atoms with Gasteiger partial charge in [-0.3, -0.25) is 0 Å². The fourth-order valence-electron chi connectivity index (χ4n) is 1.15. The van der Waals surface area contributed by atoms with Crippen molar-refractivity contribution in [2.45, 2.75) is 6.61 Å². The third-order valence-electron chi connectivity index (χ3n) is 2.04. The monoisotopic (exact) mass is 220 g/mol. The number of rotatable bonds is 3. The molecule has 0 aliphatic rings. The zero-order chi connectivity index (χ0) is 11.5. The van der Waals surface area contributed by atoms with Crippen LogP contribution in [0.4, 0.5) is 11.6 Å². The molecule has 0 unspecified atom stereocenters. The van der Waals surface area contributed by atoms with Gasteiger partial charge in [0, 0.05) is 5.69 Å². The molecule has 6 N–H and O–H groups in total. The number of anilines is 2. The number of hydrogen-bond acceptors (Lipinski definition) is 6. The molecule has 84 valence electrons. The number of ether oxygens (including phenoxy) is 1. The van der Waals surface area contributed by atoms with Gasteiger partial charge in [0.25, 0.3) is 0 Å². The van der Waals surface area contributed by atoms with Crippen LogP contribution in [0.3, 0.4) is 0 Å². The molecule has 1 aromatic heterocycles. The summed E-state index contributed by atoms with van der Waals surface area (Å²) >= 11 is 0. The molecular formula is C9H12N6O. The molecule has 0 spiro atoms. The van der Waals surface area contributed by atoms with E-state index in [-0.39, 0.29) is 12.6 Å². The fourth-order valence-corrected chi connectivity index (χ4v) is 1.15. The van der Waals surface area contributed by atoms with Gasteiger partial charge >= 0.3 is 0 Å². The first-order valence-electron chi connectivity index (χ1n) is 4.60. The summed E-state index contributed by atoms with van der Waals surface area (Å²) in [5.74, 6) is 6.84. The molecule has 16 heavy (non-hydrogen) atoms. The molecule has 0 amide bonds. The molecule has 0 fully saturated rings. The summed E-state index contributed by atoms with van der Waals surface area (Å²) in [4.78, 5) is 0. The molecule has 2 aromatic rings. The summed E-state index contributed by atoms with van der Waals surface area (Å²) in [6.45, 7) is 0.199. The van der Waals surface area contributed by atoms with E-state index >= 15 is 0 Å². The van der Waals surface area contributed by atoms with Crippen LogP contribution in [0, 0.1) is 0 Å². The maximum atomic E-state index is 5.56. The van der Waals surface area contributed by atoms with E-state index in [4.69, 9.17) is 22.0 Å². The van der Waals surface area contributed by atoms with Crippen LogP contribution in [0.25, 0.3) is 0 Å². The summed E-state index contributed by atoms with van der Waals surface area (Å²) in [6, 6.07) is 7.01. The predicted octanol–water partition coefficient (Wildman–Crippen LogP) is -0.265. The molecule has 0 aliphatic heterocycles. The average molecular weight is 220 g/mol. The highest BCUT2D eigenvalue weighted by molar-refractivity contribution is 5.41. The van der Waals surface area contributed by atoms with E-state index in [1.165, 1.54) is 4.68 Å². The quantitative estimate of drug-likeness (QED) is 0.484. The third-order valence-corrected chi connectivity index (χ3v) is 2.04. The van der Waals surface area contributed by atoms with Gasteiger partial charge in [-0.1, -0.05) is 0 Å². The maximum absolute atomic E-state index is 5.56. The van der Waals surface area contributed by atoms with Crippen LogP contribution in [0.5, 0.6) is 5.75 Å². The molecule has 0 saturated carbocycles. The Labute approximate surface area is 91.8 Å². The Morgan fingerprint density at radius 2 is 1.81 bits per heavy atom. The minimum Gasteiger partial charge on any atom is -0.486 e. The number of nitrogen functional groups attached to an aromatic ring is 3. The van der Waals surface area contributed by atoms with E-state index in [2.05, 4.69) is 10.2 Å². The van der Waals surface area contributed by atoms with Gasteiger partial charge in [-0.25, -0.2) is 4.68 Å². The van der Waals surface area contributed by atoms with E-state index in [9.17, 15) is 0 Å². The van der Waals surface area contributed by atoms with Crippen molar-refractivity contribution in [1.82, 2.24) is 14.9 Å². The first-order chi connectivity index (χ1) is 7.66. The summed E-state index contributed by atoms with van der Waals surface area (Å²) < 4.78 is 6.60. The lowest BCUT2D eigenvalue weighted by Crippen LogP contribution is -2.16. The summed E-state index contributed by atoms with van der Waals surface area (Å²) in [5.41, 5.74) is 11.6. The van der Waals surface area contributed by atoms with Crippen LogP contribution >= 0.6 is 0 Å². The molecule has 0 bridgehead atoms. The molecule has 0 radical (unpaired) electrons. The van der Waals surface area contributed by atoms with Gasteiger partial charge in [0.1, 0.15) is 12.4 Å². The Morgan fingerprint density at radius 3 is 2.38 bits per heavy atom. The number of nitrogens with zero attached hydrogens (tertiary/aromatic N) is 3. The zero-order valence-corrected chi connectivity index (χ0v) is 8.50. The van der Waals surface area contributed by atoms with Crippen LogP contribution in [0.15, 0.2) is 24.3 Å². The highest BCUT2D eigenvalue weighted by atomic mass is 16.5. The van der Waals surface area contributed by atoms with Crippen molar-refractivity contribution in [1.29, 1.82) is 0 Å². The maximum Gasteiger partial charge on any atom is 0.240 e. The average Bonchev–Trinajstić information content (AvgIpc) is 2.60. The first kappa shape index (κ1) is 10.1. The Balaban J connectivity index is 2.02. The Morgan fingerprint density at radius 1 is 1.12 bits per heavy atom. The van der Waals surface area contributed by atoms with Gasteiger partial charge in [-0.15, -0.1) is 10.2 Å². The lowest BCUT2D eigenvalue weighted by molar-refractivity contribution is 0.292. The van der Waals surface area contributed by atoms with Crippen molar-refractivity contribution in [3.63, 3.8) is 0 Å². The molecule has 1 aromatic carbocycles. The van der Waals surface area contributed by atoms with E-state index in [0.29, 0.717) is 17.3 Å². The molecule has 2 rings (SSSR count). The normalized spacial score (nSPS) is 10.2. The number of hydrogen-bond donors (Lipinski definition) is 3. The number of benzene rings is 1. The highest BCUT2D eigenvalue weighted by Crippen LogP contribution is 2.14. The Kier molecular flexibility index (Phi) is 2.50. The Bertz CT molecular complexity index is 477. The number of nitrogens with two attached hydrogens (primary N) is 3. The van der Waals surface area contributed by atoms with Crippen molar-refractivity contribution in [3.8, 4) is 5.75 Å². The van der Waals surface area contributed by atoms with Crippen molar-refractivity contribution < 1.29 is 4.74 Å². The zero-order valence-electron chi connectivity index (χ0n) is 8.50. The molecule has 0 aliphatic carbocycles. The van der Waals surface area contributed by atoms with E-state index in [1.54, 1.807) is 24.3 Å². The van der Waals surface area contributed by atoms with Gasteiger partial charge in [0.15, 0.2) is 5.82 Å². The second kappa shape index (κ2) is 3.97. The minimum atomic E-state index is 0.149. The molecule has 1 heterocycles. The van der Waals surface area contributed by atoms with Gasteiger partial charge in [-0.2, -0.15) is 0 Å². The van der Waals surface area contributed by atoms with Crippen molar-refractivity contribution >= 4 is 11.6 Å². The lowest BCUT2D eigenvalue weighted by Gasteiger charge is -2.05. The van der Waals surface area contributed by atoms with Crippen molar-refractivity contribution in [2.24, 2.45) is 0 Å². The largest absolute Gasteiger partial charge is 0.486 e. The lowest BCUT2D eigenvalue weighted by atomic mass is 10.3. The summed E-state index contributed by atoms with van der Waals surface area (Å²) in [6.07, 6.45) is 0. The SMILES string of the molecule is Nc1ccc(OCc2nnc(N)n2N)cc1. The van der Waals surface area contributed by atoms with E-state index in [0.717, 1.165) is 0 Å². The van der Waals surface area contributed by atoms with Crippen LogP contribution in [0.2, 0.25) is 0 Å². The van der Waals surface area contributed by atoms with Crippen molar-refractivity contribution in [2.75, 3.05) is 17.3 Å². The van der Waals surface area contributed by atoms with Crippen molar-refractivity contribution in [3.05, 3.63) is 30.1 Å². The smallest absolute Gasteiger partial charge is 0.240 e. The predicted molar refractivity (Wildman–Crippen MR) is 59.8 cm³/mol. The Hall–Kier alpha value is -2.44. The second-order valence-electron chi connectivity index (χ2n) is 3.20. The van der Waals surface area contributed by atoms with Gasteiger partial charge in [0.2, 0.25) is 5.95 Å². The van der Waals surface area contributed by atoms with Gasteiger partial charge in [0.05, 0.1) is 0 Å². The minimum absolute atomic E-state index is 0.149. The topological polar surface area (TPSA) is 118 Å². The number of aromatic nitrogens is 3. The molecule has 0 atom stereocenters. The van der Waals surface area contributed by atoms with E-state index < -0.39 is 0 Å².